The van der Waals surface area contributed by atoms with Crippen molar-refractivity contribution in [2.45, 2.75) is 37.8 Å². The van der Waals surface area contributed by atoms with E-state index in [4.69, 9.17) is 4.42 Å². The Morgan fingerprint density at radius 3 is 2.45 bits per heavy atom. The minimum atomic E-state index is 0.0235. The molecule has 0 amide bonds. The van der Waals surface area contributed by atoms with E-state index in [1.807, 2.05) is 24.3 Å². The van der Waals surface area contributed by atoms with Crippen molar-refractivity contribution < 1.29 is 4.42 Å². The predicted molar refractivity (Wildman–Crippen MR) is 82.4 cm³/mol. The van der Waals surface area contributed by atoms with Gasteiger partial charge in [0.25, 0.3) is 0 Å². The standard InChI is InChI=1S/C14H20N4OS/c1-14(2,3)15-9-12-17-18-13(19-12)16-10-5-7-11(20-4)8-6-10/h5-8,15H,9H2,1-4H3,(H,16,18). The monoisotopic (exact) mass is 292 g/mol. The molecule has 2 aromatic rings. The van der Waals surface area contributed by atoms with Gasteiger partial charge in [-0.1, -0.05) is 5.10 Å². The van der Waals surface area contributed by atoms with Gasteiger partial charge < -0.3 is 15.1 Å². The fourth-order valence-corrected chi connectivity index (χ4v) is 1.92. The largest absolute Gasteiger partial charge is 0.406 e. The molecule has 5 nitrogen and oxygen atoms in total. The Hall–Kier alpha value is -1.53. The van der Waals surface area contributed by atoms with Crippen molar-refractivity contribution in [3.05, 3.63) is 30.2 Å². The van der Waals surface area contributed by atoms with E-state index in [0.29, 0.717) is 18.5 Å². The first kappa shape index (κ1) is 14.9. The Morgan fingerprint density at radius 2 is 1.85 bits per heavy atom. The summed E-state index contributed by atoms with van der Waals surface area (Å²) in [6, 6.07) is 8.48. The maximum absolute atomic E-state index is 5.54. The van der Waals surface area contributed by atoms with Crippen LogP contribution in [0, 0.1) is 0 Å². The molecule has 20 heavy (non-hydrogen) atoms. The third-order valence-corrected chi connectivity index (χ3v) is 3.32. The zero-order valence-electron chi connectivity index (χ0n) is 12.2. The van der Waals surface area contributed by atoms with Crippen LogP contribution in [0.2, 0.25) is 0 Å². The molecule has 1 aromatic carbocycles. The normalized spacial score (nSPS) is 11.6. The van der Waals surface area contributed by atoms with Crippen molar-refractivity contribution in [1.29, 1.82) is 0 Å². The number of rotatable bonds is 5. The van der Waals surface area contributed by atoms with Gasteiger partial charge in [-0.25, -0.2) is 0 Å². The molecular weight excluding hydrogens is 272 g/mol. The lowest BCUT2D eigenvalue weighted by atomic mass is 10.1. The average molecular weight is 292 g/mol. The summed E-state index contributed by atoms with van der Waals surface area (Å²) in [6.45, 7) is 6.84. The molecule has 108 valence electrons. The lowest BCUT2D eigenvalue weighted by Gasteiger charge is -2.18. The highest BCUT2D eigenvalue weighted by molar-refractivity contribution is 7.98. The van der Waals surface area contributed by atoms with Crippen molar-refractivity contribution in [2.24, 2.45) is 0 Å². The number of thioether (sulfide) groups is 1. The molecule has 0 spiro atoms. The summed E-state index contributed by atoms with van der Waals surface area (Å²) in [5.41, 5.74) is 0.956. The molecule has 0 bridgehead atoms. The summed E-state index contributed by atoms with van der Waals surface area (Å²) >= 11 is 1.71. The van der Waals surface area contributed by atoms with E-state index in [2.05, 4.69) is 47.9 Å². The summed E-state index contributed by atoms with van der Waals surface area (Å²) in [5, 5.41) is 14.4. The number of hydrogen-bond donors (Lipinski definition) is 2. The molecular formula is C14H20N4OS. The van der Waals surface area contributed by atoms with E-state index < -0.39 is 0 Å². The van der Waals surface area contributed by atoms with Gasteiger partial charge in [-0.15, -0.1) is 16.9 Å². The molecule has 0 saturated heterocycles. The predicted octanol–water partition coefficient (Wildman–Crippen LogP) is 3.42. The van der Waals surface area contributed by atoms with Crippen LogP contribution in [0.3, 0.4) is 0 Å². The van der Waals surface area contributed by atoms with Crippen molar-refractivity contribution in [1.82, 2.24) is 15.5 Å². The Bertz CT molecular complexity index is 545. The molecule has 1 aromatic heterocycles. The lowest BCUT2D eigenvalue weighted by Crippen LogP contribution is -2.35. The van der Waals surface area contributed by atoms with E-state index in [1.165, 1.54) is 4.90 Å². The fraction of sp³-hybridized carbons (Fsp3) is 0.429. The van der Waals surface area contributed by atoms with Crippen molar-refractivity contribution in [2.75, 3.05) is 11.6 Å². The molecule has 0 unspecified atom stereocenters. The fourth-order valence-electron chi connectivity index (χ4n) is 1.51. The third kappa shape index (κ3) is 4.54. The molecule has 2 N–H and O–H groups in total. The SMILES string of the molecule is CSc1ccc(Nc2nnc(CNC(C)(C)C)o2)cc1. The number of nitrogens with zero attached hydrogens (tertiary/aromatic N) is 2. The van der Waals surface area contributed by atoms with Crippen LogP contribution in [-0.4, -0.2) is 22.0 Å². The Morgan fingerprint density at radius 1 is 1.15 bits per heavy atom. The minimum Gasteiger partial charge on any atom is -0.406 e. The smallest absolute Gasteiger partial charge is 0.320 e. The van der Waals surface area contributed by atoms with E-state index in [1.54, 1.807) is 11.8 Å². The van der Waals surface area contributed by atoms with E-state index in [9.17, 15) is 0 Å². The van der Waals surface area contributed by atoms with Crippen LogP contribution in [0.15, 0.2) is 33.6 Å². The van der Waals surface area contributed by atoms with Gasteiger partial charge in [0.05, 0.1) is 6.54 Å². The molecule has 1 heterocycles. The zero-order chi connectivity index (χ0) is 14.6. The number of nitrogens with one attached hydrogen (secondary N) is 2. The molecule has 6 heteroatoms. The highest BCUT2D eigenvalue weighted by Crippen LogP contribution is 2.20. The summed E-state index contributed by atoms with van der Waals surface area (Å²) in [4.78, 5) is 1.22. The van der Waals surface area contributed by atoms with Crippen LogP contribution in [0.4, 0.5) is 11.7 Å². The van der Waals surface area contributed by atoms with Crippen LogP contribution in [0.5, 0.6) is 0 Å². The number of hydrogen-bond acceptors (Lipinski definition) is 6. The topological polar surface area (TPSA) is 63.0 Å². The average Bonchev–Trinajstić information content (AvgIpc) is 2.84. The van der Waals surface area contributed by atoms with Crippen LogP contribution < -0.4 is 10.6 Å². The van der Waals surface area contributed by atoms with Crippen molar-refractivity contribution in [3.63, 3.8) is 0 Å². The molecule has 0 radical (unpaired) electrons. The van der Waals surface area contributed by atoms with Crippen LogP contribution in [-0.2, 0) is 6.54 Å². The summed E-state index contributed by atoms with van der Waals surface area (Å²) in [7, 11) is 0. The summed E-state index contributed by atoms with van der Waals surface area (Å²) < 4.78 is 5.54. The molecule has 0 saturated carbocycles. The first-order valence-corrected chi connectivity index (χ1v) is 7.67. The van der Waals surface area contributed by atoms with E-state index in [0.717, 1.165) is 5.69 Å². The number of benzene rings is 1. The second kappa shape index (κ2) is 6.28. The van der Waals surface area contributed by atoms with Gasteiger partial charge in [-0.05, 0) is 51.3 Å². The van der Waals surface area contributed by atoms with Gasteiger partial charge in [-0.2, -0.15) is 0 Å². The van der Waals surface area contributed by atoms with Gasteiger partial charge in [0.1, 0.15) is 0 Å². The Kier molecular flexibility index (Phi) is 4.67. The maximum atomic E-state index is 5.54. The van der Waals surface area contributed by atoms with Gasteiger partial charge in [0.15, 0.2) is 0 Å². The third-order valence-electron chi connectivity index (χ3n) is 2.58. The first-order chi connectivity index (χ1) is 9.46. The number of aromatic nitrogens is 2. The van der Waals surface area contributed by atoms with Gasteiger partial charge in [-0.3, -0.25) is 0 Å². The second-order valence-electron chi connectivity index (χ2n) is 5.46. The Balaban J connectivity index is 1.94. The highest BCUT2D eigenvalue weighted by atomic mass is 32.2. The highest BCUT2D eigenvalue weighted by Gasteiger charge is 2.12. The quantitative estimate of drug-likeness (QED) is 0.823. The van der Waals surface area contributed by atoms with Crippen molar-refractivity contribution >= 4 is 23.5 Å². The van der Waals surface area contributed by atoms with Crippen LogP contribution >= 0.6 is 11.8 Å². The van der Waals surface area contributed by atoms with Crippen LogP contribution in [0.25, 0.3) is 0 Å². The summed E-state index contributed by atoms with van der Waals surface area (Å²) in [6.07, 6.45) is 2.05. The molecule has 0 aliphatic rings. The Labute approximate surface area is 123 Å². The van der Waals surface area contributed by atoms with E-state index in [-0.39, 0.29) is 5.54 Å². The second-order valence-corrected chi connectivity index (χ2v) is 6.34. The number of anilines is 2. The molecule has 0 atom stereocenters. The van der Waals surface area contributed by atoms with Crippen LogP contribution in [0.1, 0.15) is 26.7 Å². The van der Waals surface area contributed by atoms with E-state index >= 15 is 0 Å². The van der Waals surface area contributed by atoms with Gasteiger partial charge >= 0.3 is 6.01 Å². The molecule has 0 aliphatic carbocycles. The maximum Gasteiger partial charge on any atom is 0.320 e. The minimum absolute atomic E-state index is 0.0235. The van der Waals surface area contributed by atoms with Gasteiger partial charge in [0, 0.05) is 16.1 Å². The summed E-state index contributed by atoms with van der Waals surface area (Å²) in [5.74, 6) is 0.572. The zero-order valence-corrected chi connectivity index (χ0v) is 13.0. The molecule has 2 rings (SSSR count). The van der Waals surface area contributed by atoms with Crippen molar-refractivity contribution in [3.8, 4) is 0 Å². The first-order valence-electron chi connectivity index (χ1n) is 6.45. The van der Waals surface area contributed by atoms with Gasteiger partial charge in [0.2, 0.25) is 5.89 Å². The lowest BCUT2D eigenvalue weighted by molar-refractivity contribution is 0.384. The molecule has 0 aliphatic heterocycles. The molecule has 0 fully saturated rings.